The van der Waals surface area contributed by atoms with Gasteiger partial charge in [-0.15, -0.1) is 0 Å². The van der Waals surface area contributed by atoms with Gasteiger partial charge in [0.1, 0.15) is 5.75 Å². The number of aromatic hydroxyl groups is 1. The third-order valence-corrected chi connectivity index (χ3v) is 3.23. The molecule has 1 aromatic rings. The summed E-state index contributed by atoms with van der Waals surface area (Å²) in [7, 11) is 0. The van der Waals surface area contributed by atoms with Crippen molar-refractivity contribution in [3.05, 3.63) is 29.8 Å². The maximum Gasteiger partial charge on any atom is 0.251 e. The van der Waals surface area contributed by atoms with E-state index < -0.39 is 0 Å². The van der Waals surface area contributed by atoms with Crippen molar-refractivity contribution in [2.75, 3.05) is 13.1 Å². The van der Waals surface area contributed by atoms with E-state index in [4.69, 9.17) is 5.11 Å². The highest BCUT2D eigenvalue weighted by Crippen LogP contribution is 2.13. The summed E-state index contributed by atoms with van der Waals surface area (Å²) in [4.78, 5) is 12.0. The molecule has 0 bridgehead atoms. The van der Waals surface area contributed by atoms with Crippen molar-refractivity contribution in [2.45, 2.75) is 19.4 Å². The van der Waals surface area contributed by atoms with Crippen LogP contribution in [-0.2, 0) is 0 Å². The maximum atomic E-state index is 12.0. The molecule has 1 heterocycles. The van der Waals surface area contributed by atoms with Gasteiger partial charge < -0.3 is 15.7 Å². The molecule has 1 fully saturated rings. The van der Waals surface area contributed by atoms with E-state index in [-0.39, 0.29) is 17.7 Å². The monoisotopic (exact) mass is 234 g/mol. The molecule has 3 N–H and O–H groups in total. The molecule has 1 saturated heterocycles. The zero-order valence-corrected chi connectivity index (χ0v) is 9.94. The Morgan fingerprint density at radius 3 is 2.76 bits per heavy atom. The lowest BCUT2D eigenvalue weighted by Gasteiger charge is -2.30. The largest absolute Gasteiger partial charge is 0.508 e. The van der Waals surface area contributed by atoms with Gasteiger partial charge >= 0.3 is 0 Å². The highest BCUT2D eigenvalue weighted by Gasteiger charge is 2.22. The first-order valence-electron chi connectivity index (χ1n) is 5.97. The van der Waals surface area contributed by atoms with Crippen LogP contribution in [0.2, 0.25) is 0 Å². The first kappa shape index (κ1) is 11.9. The summed E-state index contributed by atoms with van der Waals surface area (Å²) in [6.45, 7) is 4.03. The Morgan fingerprint density at radius 2 is 2.12 bits per heavy atom. The van der Waals surface area contributed by atoms with E-state index in [1.54, 1.807) is 12.1 Å². The fourth-order valence-electron chi connectivity index (χ4n) is 2.09. The molecule has 1 amide bonds. The number of rotatable bonds is 2. The number of benzene rings is 1. The average molecular weight is 234 g/mol. The van der Waals surface area contributed by atoms with Gasteiger partial charge in [-0.1, -0.05) is 6.92 Å². The number of piperidine rings is 1. The Labute approximate surface area is 101 Å². The second-order valence-corrected chi connectivity index (χ2v) is 4.60. The van der Waals surface area contributed by atoms with Crippen LogP contribution >= 0.6 is 0 Å². The summed E-state index contributed by atoms with van der Waals surface area (Å²) >= 11 is 0. The summed E-state index contributed by atoms with van der Waals surface area (Å²) < 4.78 is 0. The van der Waals surface area contributed by atoms with Gasteiger partial charge in [-0.05, 0) is 49.7 Å². The molecule has 92 valence electrons. The normalized spacial score (nSPS) is 24.3. The zero-order valence-electron chi connectivity index (χ0n) is 9.94. The van der Waals surface area contributed by atoms with Gasteiger partial charge in [-0.25, -0.2) is 0 Å². The van der Waals surface area contributed by atoms with Crippen LogP contribution in [0, 0.1) is 5.92 Å². The topological polar surface area (TPSA) is 61.4 Å². The molecule has 4 nitrogen and oxygen atoms in total. The summed E-state index contributed by atoms with van der Waals surface area (Å²) in [6, 6.07) is 6.56. The average Bonchev–Trinajstić information content (AvgIpc) is 2.33. The predicted molar refractivity (Wildman–Crippen MR) is 66.0 cm³/mol. The van der Waals surface area contributed by atoms with E-state index in [2.05, 4.69) is 17.6 Å². The van der Waals surface area contributed by atoms with Gasteiger partial charge in [0.25, 0.3) is 5.91 Å². The van der Waals surface area contributed by atoms with Crippen LogP contribution in [0.25, 0.3) is 0 Å². The predicted octanol–water partition coefficient (Wildman–Crippen LogP) is 1.12. The molecule has 1 aromatic carbocycles. The Kier molecular flexibility index (Phi) is 3.64. The summed E-state index contributed by atoms with van der Waals surface area (Å²) in [5.74, 6) is 0.561. The first-order chi connectivity index (χ1) is 8.16. The van der Waals surface area contributed by atoms with Crippen molar-refractivity contribution in [1.29, 1.82) is 0 Å². The number of carbonyl (C=O) groups excluding carboxylic acids is 1. The highest BCUT2D eigenvalue weighted by molar-refractivity contribution is 5.94. The van der Waals surface area contributed by atoms with Crippen molar-refractivity contribution < 1.29 is 9.90 Å². The van der Waals surface area contributed by atoms with E-state index in [1.165, 1.54) is 12.1 Å². The SMILES string of the molecule is CC1CNCCC1NC(=O)c1ccc(O)cc1. The molecule has 0 spiro atoms. The summed E-state index contributed by atoms with van der Waals surface area (Å²) in [5, 5.41) is 15.5. The minimum Gasteiger partial charge on any atom is -0.508 e. The van der Waals surface area contributed by atoms with Crippen LogP contribution in [0.3, 0.4) is 0 Å². The Hall–Kier alpha value is -1.55. The van der Waals surface area contributed by atoms with E-state index in [0.717, 1.165) is 19.5 Å². The minimum atomic E-state index is -0.0660. The lowest BCUT2D eigenvalue weighted by Crippen LogP contribution is -2.48. The molecular weight excluding hydrogens is 216 g/mol. The molecule has 1 aliphatic heterocycles. The van der Waals surface area contributed by atoms with Crippen molar-refractivity contribution in [3.63, 3.8) is 0 Å². The number of nitrogens with one attached hydrogen (secondary N) is 2. The molecule has 2 unspecified atom stereocenters. The van der Waals surface area contributed by atoms with E-state index in [0.29, 0.717) is 11.5 Å². The number of phenolic OH excluding ortho intramolecular Hbond substituents is 1. The number of phenols is 1. The standard InChI is InChI=1S/C13H18N2O2/c1-9-8-14-7-6-12(9)15-13(17)10-2-4-11(16)5-3-10/h2-5,9,12,14,16H,6-8H2,1H3,(H,15,17). The molecular formula is C13H18N2O2. The maximum absolute atomic E-state index is 12.0. The Morgan fingerprint density at radius 1 is 1.41 bits per heavy atom. The lowest BCUT2D eigenvalue weighted by atomic mass is 9.95. The van der Waals surface area contributed by atoms with Gasteiger partial charge in [0.2, 0.25) is 0 Å². The summed E-state index contributed by atoms with van der Waals surface area (Å²) in [6.07, 6.45) is 0.963. The number of carbonyl (C=O) groups is 1. The molecule has 2 rings (SSSR count). The Bertz CT molecular complexity index is 389. The molecule has 0 aliphatic carbocycles. The highest BCUT2D eigenvalue weighted by atomic mass is 16.3. The first-order valence-corrected chi connectivity index (χ1v) is 5.97. The van der Waals surface area contributed by atoms with E-state index in [1.807, 2.05) is 0 Å². The van der Waals surface area contributed by atoms with Crippen molar-refractivity contribution in [1.82, 2.24) is 10.6 Å². The quantitative estimate of drug-likeness (QED) is 0.718. The van der Waals surface area contributed by atoms with Crippen LogP contribution in [0.4, 0.5) is 0 Å². The third kappa shape index (κ3) is 2.97. The molecule has 4 heteroatoms. The lowest BCUT2D eigenvalue weighted by molar-refractivity contribution is 0.0914. The second kappa shape index (κ2) is 5.19. The van der Waals surface area contributed by atoms with Crippen LogP contribution in [0.1, 0.15) is 23.7 Å². The summed E-state index contributed by atoms with van der Waals surface area (Å²) in [5.41, 5.74) is 0.591. The van der Waals surface area contributed by atoms with E-state index in [9.17, 15) is 4.79 Å². The van der Waals surface area contributed by atoms with Crippen LogP contribution in [0.15, 0.2) is 24.3 Å². The van der Waals surface area contributed by atoms with Gasteiger partial charge in [0.15, 0.2) is 0 Å². The fourth-order valence-corrected chi connectivity index (χ4v) is 2.09. The van der Waals surface area contributed by atoms with Gasteiger partial charge in [-0.2, -0.15) is 0 Å². The van der Waals surface area contributed by atoms with Gasteiger partial charge in [0.05, 0.1) is 0 Å². The smallest absolute Gasteiger partial charge is 0.251 e. The van der Waals surface area contributed by atoms with Crippen LogP contribution in [-0.4, -0.2) is 30.1 Å². The number of hydrogen-bond acceptors (Lipinski definition) is 3. The van der Waals surface area contributed by atoms with Crippen molar-refractivity contribution >= 4 is 5.91 Å². The third-order valence-electron chi connectivity index (χ3n) is 3.23. The molecule has 0 aromatic heterocycles. The van der Waals surface area contributed by atoms with Crippen molar-refractivity contribution in [3.8, 4) is 5.75 Å². The molecule has 17 heavy (non-hydrogen) atoms. The minimum absolute atomic E-state index is 0.0660. The number of hydrogen-bond donors (Lipinski definition) is 3. The molecule has 0 radical (unpaired) electrons. The number of amides is 1. The van der Waals surface area contributed by atoms with Crippen LogP contribution < -0.4 is 10.6 Å². The second-order valence-electron chi connectivity index (χ2n) is 4.60. The molecule has 0 saturated carbocycles. The van der Waals surface area contributed by atoms with E-state index >= 15 is 0 Å². The Balaban J connectivity index is 1.98. The molecule has 1 aliphatic rings. The van der Waals surface area contributed by atoms with Crippen molar-refractivity contribution in [2.24, 2.45) is 5.92 Å². The fraction of sp³-hybridized carbons (Fsp3) is 0.462. The zero-order chi connectivity index (χ0) is 12.3. The van der Waals surface area contributed by atoms with Gasteiger partial charge in [0, 0.05) is 11.6 Å². The van der Waals surface area contributed by atoms with Crippen LogP contribution in [0.5, 0.6) is 5.75 Å². The van der Waals surface area contributed by atoms with Gasteiger partial charge in [-0.3, -0.25) is 4.79 Å². The molecule has 2 atom stereocenters.